The lowest BCUT2D eigenvalue weighted by Crippen LogP contribution is -2.52. The quantitative estimate of drug-likeness (QED) is 0.830. The van der Waals surface area contributed by atoms with E-state index >= 15 is 0 Å². The van der Waals surface area contributed by atoms with Gasteiger partial charge in [-0.3, -0.25) is 4.79 Å². The molecule has 0 saturated heterocycles. The molecule has 20 heavy (non-hydrogen) atoms. The van der Waals surface area contributed by atoms with E-state index in [9.17, 15) is 4.79 Å². The SMILES string of the molecule is CCc1ccc(C(=O)NC2(CCl)CCCC(C)C2)cc1. The van der Waals surface area contributed by atoms with E-state index in [1.54, 1.807) is 0 Å². The Balaban J connectivity index is 2.08. The molecule has 2 atom stereocenters. The summed E-state index contributed by atoms with van der Waals surface area (Å²) < 4.78 is 0. The molecule has 1 aromatic carbocycles. The Labute approximate surface area is 126 Å². The number of aryl methyl sites for hydroxylation is 1. The van der Waals surface area contributed by atoms with Crippen molar-refractivity contribution in [2.45, 2.75) is 51.5 Å². The van der Waals surface area contributed by atoms with Gasteiger partial charge in [-0.15, -0.1) is 11.6 Å². The highest BCUT2D eigenvalue weighted by Crippen LogP contribution is 2.33. The lowest BCUT2D eigenvalue weighted by molar-refractivity contribution is 0.0867. The van der Waals surface area contributed by atoms with Gasteiger partial charge in [0, 0.05) is 11.4 Å². The molecule has 2 unspecified atom stereocenters. The van der Waals surface area contributed by atoms with Crippen molar-refractivity contribution in [3.63, 3.8) is 0 Å². The average Bonchev–Trinajstić information content (AvgIpc) is 2.47. The molecule has 2 rings (SSSR count). The molecule has 1 aliphatic rings. The highest BCUT2D eigenvalue weighted by molar-refractivity contribution is 6.19. The number of hydrogen-bond acceptors (Lipinski definition) is 1. The molecule has 0 aliphatic heterocycles. The summed E-state index contributed by atoms with van der Waals surface area (Å²) in [6.45, 7) is 4.35. The summed E-state index contributed by atoms with van der Waals surface area (Å²) in [6, 6.07) is 7.85. The van der Waals surface area contributed by atoms with E-state index in [1.807, 2.05) is 24.3 Å². The predicted molar refractivity (Wildman–Crippen MR) is 84.4 cm³/mol. The van der Waals surface area contributed by atoms with Gasteiger partial charge in [-0.2, -0.15) is 0 Å². The Morgan fingerprint density at radius 1 is 1.40 bits per heavy atom. The Morgan fingerprint density at radius 2 is 2.10 bits per heavy atom. The Kier molecular flexibility index (Phi) is 5.09. The number of nitrogens with one attached hydrogen (secondary N) is 1. The van der Waals surface area contributed by atoms with Gasteiger partial charge in [0.25, 0.3) is 5.91 Å². The first-order chi connectivity index (χ1) is 9.58. The van der Waals surface area contributed by atoms with Crippen LogP contribution in [0, 0.1) is 5.92 Å². The monoisotopic (exact) mass is 293 g/mol. The molecule has 1 saturated carbocycles. The molecule has 0 heterocycles. The standard InChI is InChI=1S/C17H24ClNO/c1-3-14-6-8-15(9-7-14)16(20)19-17(12-18)10-4-5-13(2)11-17/h6-9,13H,3-5,10-12H2,1-2H3,(H,19,20). The molecule has 1 N–H and O–H groups in total. The zero-order chi connectivity index (χ0) is 14.6. The fourth-order valence-corrected chi connectivity index (χ4v) is 3.44. The molecule has 110 valence electrons. The third kappa shape index (κ3) is 3.54. The van der Waals surface area contributed by atoms with Crippen molar-refractivity contribution < 1.29 is 4.79 Å². The summed E-state index contributed by atoms with van der Waals surface area (Å²) in [5.74, 6) is 1.13. The van der Waals surface area contributed by atoms with Gasteiger partial charge < -0.3 is 5.32 Å². The number of amides is 1. The first kappa shape index (κ1) is 15.4. The number of hydrogen-bond donors (Lipinski definition) is 1. The van der Waals surface area contributed by atoms with Crippen LogP contribution in [0.1, 0.15) is 55.5 Å². The molecule has 1 amide bonds. The van der Waals surface area contributed by atoms with Crippen molar-refractivity contribution in [1.82, 2.24) is 5.32 Å². The van der Waals surface area contributed by atoms with Crippen molar-refractivity contribution >= 4 is 17.5 Å². The number of carbonyl (C=O) groups excluding carboxylic acids is 1. The van der Waals surface area contributed by atoms with Gasteiger partial charge in [-0.05, 0) is 42.9 Å². The van der Waals surface area contributed by atoms with Crippen LogP contribution in [0.5, 0.6) is 0 Å². The number of rotatable bonds is 4. The second-order valence-electron chi connectivity index (χ2n) is 6.12. The first-order valence-corrected chi connectivity index (χ1v) is 8.09. The zero-order valence-corrected chi connectivity index (χ0v) is 13.2. The van der Waals surface area contributed by atoms with E-state index in [0.717, 1.165) is 31.2 Å². The van der Waals surface area contributed by atoms with Crippen molar-refractivity contribution in [2.75, 3.05) is 5.88 Å². The average molecular weight is 294 g/mol. The van der Waals surface area contributed by atoms with E-state index < -0.39 is 0 Å². The summed E-state index contributed by atoms with van der Waals surface area (Å²) in [6.07, 6.45) is 5.34. The van der Waals surface area contributed by atoms with E-state index in [2.05, 4.69) is 19.2 Å². The molecular weight excluding hydrogens is 270 g/mol. The van der Waals surface area contributed by atoms with Crippen LogP contribution in [0.25, 0.3) is 0 Å². The van der Waals surface area contributed by atoms with Gasteiger partial charge in [-0.1, -0.05) is 38.8 Å². The molecule has 1 fully saturated rings. The van der Waals surface area contributed by atoms with E-state index in [4.69, 9.17) is 11.6 Å². The predicted octanol–water partition coefficient (Wildman–Crippen LogP) is 4.17. The fourth-order valence-electron chi connectivity index (χ4n) is 3.13. The highest BCUT2D eigenvalue weighted by atomic mass is 35.5. The molecule has 0 spiro atoms. The number of benzene rings is 1. The molecule has 0 aromatic heterocycles. The fraction of sp³-hybridized carbons (Fsp3) is 0.588. The molecule has 1 aliphatic carbocycles. The third-order valence-electron chi connectivity index (χ3n) is 4.35. The van der Waals surface area contributed by atoms with Gasteiger partial charge in [0.15, 0.2) is 0 Å². The second kappa shape index (κ2) is 6.62. The Bertz CT molecular complexity index is 457. The summed E-state index contributed by atoms with van der Waals surface area (Å²) in [4.78, 5) is 12.4. The maximum absolute atomic E-state index is 12.4. The molecule has 1 aromatic rings. The van der Waals surface area contributed by atoms with Crippen LogP contribution in [0.4, 0.5) is 0 Å². The van der Waals surface area contributed by atoms with Crippen LogP contribution in [0.15, 0.2) is 24.3 Å². The topological polar surface area (TPSA) is 29.1 Å². The molecule has 3 heteroatoms. The van der Waals surface area contributed by atoms with Crippen LogP contribution in [0.3, 0.4) is 0 Å². The van der Waals surface area contributed by atoms with E-state index in [0.29, 0.717) is 11.8 Å². The minimum atomic E-state index is -0.222. The van der Waals surface area contributed by atoms with Crippen LogP contribution >= 0.6 is 11.6 Å². The largest absolute Gasteiger partial charge is 0.345 e. The van der Waals surface area contributed by atoms with Gasteiger partial charge in [0.05, 0.1) is 5.54 Å². The maximum atomic E-state index is 12.4. The van der Waals surface area contributed by atoms with Crippen molar-refractivity contribution in [3.8, 4) is 0 Å². The smallest absolute Gasteiger partial charge is 0.251 e. The summed E-state index contributed by atoms with van der Waals surface area (Å²) in [5.41, 5.74) is 1.75. The lowest BCUT2D eigenvalue weighted by atomic mass is 9.77. The van der Waals surface area contributed by atoms with Crippen LogP contribution in [-0.2, 0) is 6.42 Å². The normalized spacial score (nSPS) is 26.2. The highest BCUT2D eigenvalue weighted by Gasteiger charge is 2.35. The van der Waals surface area contributed by atoms with Gasteiger partial charge in [0.1, 0.15) is 0 Å². The van der Waals surface area contributed by atoms with Gasteiger partial charge in [-0.25, -0.2) is 0 Å². The number of alkyl halides is 1. The van der Waals surface area contributed by atoms with Crippen molar-refractivity contribution in [2.24, 2.45) is 5.92 Å². The Hall–Kier alpha value is -1.02. The van der Waals surface area contributed by atoms with Crippen LogP contribution in [-0.4, -0.2) is 17.3 Å². The van der Waals surface area contributed by atoms with Gasteiger partial charge in [0.2, 0.25) is 0 Å². The first-order valence-electron chi connectivity index (χ1n) is 7.56. The van der Waals surface area contributed by atoms with Crippen molar-refractivity contribution in [3.05, 3.63) is 35.4 Å². The second-order valence-corrected chi connectivity index (χ2v) is 6.39. The van der Waals surface area contributed by atoms with Crippen LogP contribution < -0.4 is 5.32 Å². The number of halogens is 1. The number of carbonyl (C=O) groups is 1. The lowest BCUT2D eigenvalue weighted by Gasteiger charge is -2.39. The minimum absolute atomic E-state index is 0.00223. The summed E-state index contributed by atoms with van der Waals surface area (Å²) >= 11 is 6.17. The minimum Gasteiger partial charge on any atom is -0.345 e. The zero-order valence-electron chi connectivity index (χ0n) is 12.4. The summed E-state index contributed by atoms with van der Waals surface area (Å²) in [5, 5.41) is 3.20. The Morgan fingerprint density at radius 3 is 2.65 bits per heavy atom. The molecular formula is C17H24ClNO. The van der Waals surface area contributed by atoms with E-state index in [-0.39, 0.29) is 11.4 Å². The maximum Gasteiger partial charge on any atom is 0.251 e. The molecule has 0 radical (unpaired) electrons. The molecule has 0 bridgehead atoms. The van der Waals surface area contributed by atoms with Crippen molar-refractivity contribution in [1.29, 1.82) is 0 Å². The third-order valence-corrected chi connectivity index (χ3v) is 4.86. The van der Waals surface area contributed by atoms with E-state index in [1.165, 1.54) is 12.0 Å². The molecule has 2 nitrogen and oxygen atoms in total. The summed E-state index contributed by atoms with van der Waals surface area (Å²) in [7, 11) is 0. The van der Waals surface area contributed by atoms with Gasteiger partial charge >= 0.3 is 0 Å². The van der Waals surface area contributed by atoms with Crippen LogP contribution in [0.2, 0.25) is 0 Å².